The number of aryl methyl sites for hydroxylation is 2. The zero-order chi connectivity index (χ0) is 21.8. The summed E-state index contributed by atoms with van der Waals surface area (Å²) in [5.74, 6) is 1.74. The second-order valence-electron chi connectivity index (χ2n) is 8.99. The Morgan fingerprint density at radius 2 is 2.20 bits per heavy atom. The molecule has 0 fully saturated rings. The summed E-state index contributed by atoms with van der Waals surface area (Å²) in [6, 6.07) is 0.331. The molecule has 0 spiro atoms. The SMILES string of the molecule is C=CC(=O)NC(C)(C)CC(C)(NCC1CCCc2nccn21)c1nnnn1CCC. The molecule has 30 heavy (non-hydrogen) atoms. The summed E-state index contributed by atoms with van der Waals surface area (Å²) >= 11 is 0. The number of hydrogen-bond acceptors (Lipinski definition) is 6. The van der Waals surface area contributed by atoms with Gasteiger partial charge in [0.25, 0.3) is 0 Å². The largest absolute Gasteiger partial charge is 0.348 e. The summed E-state index contributed by atoms with van der Waals surface area (Å²) in [7, 11) is 0. The van der Waals surface area contributed by atoms with E-state index in [1.807, 2.05) is 24.7 Å². The zero-order valence-corrected chi connectivity index (χ0v) is 18.6. The molecule has 0 saturated heterocycles. The number of amides is 1. The highest BCUT2D eigenvalue weighted by Gasteiger charge is 2.39. The lowest BCUT2D eigenvalue weighted by Gasteiger charge is -2.39. The fourth-order valence-corrected chi connectivity index (χ4v) is 4.54. The molecule has 1 aliphatic heterocycles. The third-order valence-corrected chi connectivity index (χ3v) is 5.71. The van der Waals surface area contributed by atoms with Gasteiger partial charge in [0.05, 0.1) is 5.54 Å². The monoisotopic (exact) mass is 414 g/mol. The number of imidazole rings is 1. The van der Waals surface area contributed by atoms with Gasteiger partial charge in [0.2, 0.25) is 5.91 Å². The second kappa shape index (κ2) is 9.07. The molecule has 2 atom stereocenters. The molecule has 0 saturated carbocycles. The third-order valence-electron chi connectivity index (χ3n) is 5.71. The minimum absolute atomic E-state index is 0.189. The van der Waals surface area contributed by atoms with E-state index in [0.717, 1.165) is 50.4 Å². The first kappa shape index (κ1) is 22.1. The number of hydrogen-bond donors (Lipinski definition) is 2. The summed E-state index contributed by atoms with van der Waals surface area (Å²) in [4.78, 5) is 16.5. The van der Waals surface area contributed by atoms with Crippen LogP contribution in [0.25, 0.3) is 0 Å². The Kier molecular flexibility index (Phi) is 6.70. The summed E-state index contributed by atoms with van der Waals surface area (Å²) in [6.45, 7) is 13.3. The number of fused-ring (bicyclic) bond motifs is 1. The molecule has 9 heteroatoms. The maximum absolute atomic E-state index is 12.0. The average molecular weight is 415 g/mol. The number of carbonyl (C=O) groups excluding carboxylic acids is 1. The lowest BCUT2D eigenvalue weighted by atomic mass is 9.84. The summed E-state index contributed by atoms with van der Waals surface area (Å²) < 4.78 is 4.14. The molecule has 0 aliphatic carbocycles. The standard InChI is InChI=1S/C21H34N8O/c1-6-12-29-19(25-26-27-29)21(5,15-20(3,4)24-18(30)7-2)23-14-16-9-8-10-17-22-11-13-28(16)17/h7,11,13,16,23H,2,6,8-10,12,14-15H2,1,3-5H3,(H,24,30). The lowest BCUT2D eigenvalue weighted by molar-refractivity contribution is -0.118. The molecule has 1 aliphatic rings. The average Bonchev–Trinajstić information content (AvgIpc) is 3.35. The first-order valence-corrected chi connectivity index (χ1v) is 10.8. The van der Waals surface area contributed by atoms with E-state index in [9.17, 15) is 4.79 Å². The first-order valence-electron chi connectivity index (χ1n) is 10.8. The number of nitrogens with zero attached hydrogens (tertiary/aromatic N) is 6. The van der Waals surface area contributed by atoms with Crippen molar-refractivity contribution >= 4 is 5.91 Å². The first-order chi connectivity index (χ1) is 14.3. The van der Waals surface area contributed by atoms with Gasteiger partial charge >= 0.3 is 0 Å². The minimum Gasteiger partial charge on any atom is -0.348 e. The van der Waals surface area contributed by atoms with Crippen LogP contribution in [0.15, 0.2) is 25.0 Å². The number of rotatable bonds is 10. The molecule has 9 nitrogen and oxygen atoms in total. The van der Waals surface area contributed by atoms with Crippen molar-refractivity contribution in [3.8, 4) is 0 Å². The second-order valence-corrected chi connectivity index (χ2v) is 8.99. The minimum atomic E-state index is -0.533. The molecule has 0 bridgehead atoms. The van der Waals surface area contributed by atoms with Crippen molar-refractivity contribution in [1.29, 1.82) is 0 Å². The Morgan fingerprint density at radius 1 is 1.40 bits per heavy atom. The fraction of sp³-hybridized carbons (Fsp3) is 0.667. The van der Waals surface area contributed by atoms with Crippen molar-refractivity contribution in [3.63, 3.8) is 0 Å². The normalized spacial score (nSPS) is 18.5. The van der Waals surface area contributed by atoms with Crippen molar-refractivity contribution < 1.29 is 4.79 Å². The van der Waals surface area contributed by atoms with E-state index < -0.39 is 11.1 Å². The Hall–Kier alpha value is -2.55. The highest BCUT2D eigenvalue weighted by Crippen LogP contribution is 2.31. The number of nitrogens with one attached hydrogen (secondary N) is 2. The van der Waals surface area contributed by atoms with Crippen molar-refractivity contribution in [1.82, 2.24) is 40.4 Å². The number of carbonyl (C=O) groups is 1. The molecular weight excluding hydrogens is 380 g/mol. The van der Waals surface area contributed by atoms with Gasteiger partial charge in [-0.1, -0.05) is 13.5 Å². The number of tetrazole rings is 1. The lowest BCUT2D eigenvalue weighted by Crippen LogP contribution is -2.53. The maximum atomic E-state index is 12.0. The molecule has 2 aromatic heterocycles. The van der Waals surface area contributed by atoms with Crippen LogP contribution in [0, 0.1) is 0 Å². The van der Waals surface area contributed by atoms with Crippen LogP contribution in [0.2, 0.25) is 0 Å². The Labute approximate surface area is 178 Å². The van der Waals surface area contributed by atoms with Gasteiger partial charge < -0.3 is 15.2 Å². The van der Waals surface area contributed by atoms with Crippen LogP contribution in [0.1, 0.15) is 71.1 Å². The Morgan fingerprint density at radius 3 is 2.93 bits per heavy atom. The van der Waals surface area contributed by atoms with Crippen LogP contribution < -0.4 is 10.6 Å². The summed E-state index contributed by atoms with van der Waals surface area (Å²) in [6.07, 6.45) is 10.1. The van der Waals surface area contributed by atoms with Crippen LogP contribution in [-0.2, 0) is 23.3 Å². The fourth-order valence-electron chi connectivity index (χ4n) is 4.54. The van der Waals surface area contributed by atoms with Gasteiger partial charge in [0, 0.05) is 43.5 Å². The van der Waals surface area contributed by atoms with Crippen LogP contribution >= 0.6 is 0 Å². The van der Waals surface area contributed by atoms with Gasteiger partial charge in [-0.3, -0.25) is 4.79 Å². The van der Waals surface area contributed by atoms with Crippen LogP contribution in [0.5, 0.6) is 0 Å². The predicted molar refractivity (Wildman–Crippen MR) is 115 cm³/mol. The molecule has 0 aromatic carbocycles. The van der Waals surface area contributed by atoms with Crippen molar-refractivity contribution in [3.05, 3.63) is 36.7 Å². The summed E-state index contributed by atoms with van der Waals surface area (Å²) in [5.41, 5.74) is -1.02. The van der Waals surface area contributed by atoms with Crippen LogP contribution in [0.4, 0.5) is 0 Å². The van der Waals surface area contributed by atoms with Crippen molar-refractivity contribution in [2.45, 2.75) is 83.5 Å². The third kappa shape index (κ3) is 4.95. The molecular formula is C21H34N8O. The quantitative estimate of drug-likeness (QED) is 0.578. The smallest absolute Gasteiger partial charge is 0.243 e. The van der Waals surface area contributed by atoms with Gasteiger partial charge in [0.15, 0.2) is 5.82 Å². The van der Waals surface area contributed by atoms with E-state index in [1.165, 1.54) is 6.08 Å². The summed E-state index contributed by atoms with van der Waals surface area (Å²) in [5, 5.41) is 19.3. The van der Waals surface area contributed by atoms with Crippen molar-refractivity contribution in [2.24, 2.45) is 0 Å². The molecule has 1 amide bonds. The van der Waals surface area contributed by atoms with Gasteiger partial charge in [-0.05, 0) is 63.0 Å². The highest BCUT2D eigenvalue weighted by molar-refractivity contribution is 5.87. The van der Waals surface area contributed by atoms with Crippen LogP contribution in [-0.4, -0.2) is 47.7 Å². The number of aromatic nitrogens is 6. The predicted octanol–water partition coefficient (Wildman–Crippen LogP) is 2.13. The van der Waals surface area contributed by atoms with E-state index in [0.29, 0.717) is 12.5 Å². The Bertz CT molecular complexity index is 870. The zero-order valence-electron chi connectivity index (χ0n) is 18.6. The molecule has 2 unspecified atom stereocenters. The maximum Gasteiger partial charge on any atom is 0.243 e. The van der Waals surface area contributed by atoms with E-state index in [4.69, 9.17) is 0 Å². The van der Waals surface area contributed by atoms with Crippen molar-refractivity contribution in [2.75, 3.05) is 6.54 Å². The van der Waals surface area contributed by atoms with Gasteiger partial charge in [0.1, 0.15) is 5.82 Å². The molecule has 3 heterocycles. The topological polar surface area (TPSA) is 103 Å². The molecule has 2 aromatic rings. The molecule has 164 valence electrons. The molecule has 2 N–H and O–H groups in total. The van der Waals surface area contributed by atoms with Gasteiger partial charge in [-0.15, -0.1) is 5.10 Å². The van der Waals surface area contributed by atoms with E-state index in [1.54, 1.807) is 0 Å². The van der Waals surface area contributed by atoms with Crippen LogP contribution in [0.3, 0.4) is 0 Å². The van der Waals surface area contributed by atoms with Gasteiger partial charge in [-0.25, -0.2) is 9.67 Å². The molecule has 3 rings (SSSR count). The van der Waals surface area contributed by atoms with E-state index >= 15 is 0 Å². The highest BCUT2D eigenvalue weighted by atomic mass is 16.1. The van der Waals surface area contributed by atoms with Gasteiger partial charge in [-0.2, -0.15) is 0 Å². The van der Waals surface area contributed by atoms with E-state index in [-0.39, 0.29) is 5.91 Å². The molecule has 0 radical (unpaired) electrons. The van der Waals surface area contributed by atoms with E-state index in [2.05, 4.69) is 62.3 Å². The Balaban J connectivity index is 1.85.